The Bertz CT molecular complexity index is 896. The van der Waals surface area contributed by atoms with Crippen LogP contribution in [0.5, 0.6) is 0 Å². The van der Waals surface area contributed by atoms with Gasteiger partial charge in [0.25, 0.3) is 5.56 Å². The van der Waals surface area contributed by atoms with Gasteiger partial charge in [0.05, 0.1) is 5.69 Å². The van der Waals surface area contributed by atoms with Crippen LogP contribution in [0.4, 0.5) is 0 Å². The fourth-order valence-corrected chi connectivity index (χ4v) is 2.35. The number of hydrogen-bond donors (Lipinski definition) is 0. The first-order valence-electron chi connectivity index (χ1n) is 6.67. The van der Waals surface area contributed by atoms with Crippen LogP contribution in [0, 0.1) is 13.8 Å². The third-order valence-electron chi connectivity index (χ3n) is 3.43. The van der Waals surface area contributed by atoms with Crippen LogP contribution in [0.1, 0.15) is 27.2 Å². The second-order valence-electron chi connectivity index (χ2n) is 5.00. The average Bonchev–Trinajstić information content (AvgIpc) is 2.47. The van der Waals surface area contributed by atoms with E-state index in [0.717, 1.165) is 5.56 Å². The second-order valence-corrected chi connectivity index (χ2v) is 5.00. The number of fused-ring (bicyclic) bond motifs is 1. The molecule has 1 aromatic carbocycles. The van der Waals surface area contributed by atoms with Crippen LogP contribution in [0.3, 0.4) is 0 Å². The lowest BCUT2D eigenvalue weighted by Crippen LogP contribution is -2.25. The van der Waals surface area contributed by atoms with Gasteiger partial charge in [-0.2, -0.15) is 0 Å². The molecule has 0 amide bonds. The fraction of sp³-hybridized carbons (Fsp3) is 0.118. The van der Waals surface area contributed by atoms with Crippen molar-refractivity contribution >= 4 is 11.4 Å². The summed E-state index contributed by atoms with van der Waals surface area (Å²) in [4.78, 5) is 29.5. The fourth-order valence-electron chi connectivity index (χ4n) is 2.35. The molecule has 0 aliphatic heterocycles. The molecule has 3 rings (SSSR count). The summed E-state index contributed by atoms with van der Waals surface area (Å²) in [5.41, 5.74) is 2.32. The maximum absolute atomic E-state index is 12.6. The van der Waals surface area contributed by atoms with Gasteiger partial charge in [0.1, 0.15) is 11.2 Å². The maximum atomic E-state index is 12.6. The van der Waals surface area contributed by atoms with Crippen LogP contribution >= 0.6 is 0 Å². The molecule has 0 atom stereocenters. The van der Waals surface area contributed by atoms with E-state index in [4.69, 9.17) is 0 Å². The molecule has 0 bridgehead atoms. The molecule has 21 heavy (non-hydrogen) atoms. The first kappa shape index (κ1) is 13.2. The van der Waals surface area contributed by atoms with Crippen molar-refractivity contribution in [3.8, 4) is 0 Å². The molecular formula is C17H14N2O2. The molecule has 4 nitrogen and oxygen atoms in total. The lowest BCUT2D eigenvalue weighted by Gasteiger charge is -2.08. The summed E-state index contributed by atoms with van der Waals surface area (Å²) < 4.78 is 1.41. The second kappa shape index (κ2) is 4.98. The Balaban J connectivity index is 2.27. The Hall–Kier alpha value is -2.75. The van der Waals surface area contributed by atoms with Crippen molar-refractivity contribution in [1.82, 2.24) is 9.38 Å². The molecule has 2 aromatic heterocycles. The number of ketones is 1. The van der Waals surface area contributed by atoms with E-state index in [9.17, 15) is 9.59 Å². The molecule has 0 fully saturated rings. The van der Waals surface area contributed by atoms with E-state index in [2.05, 4.69) is 4.98 Å². The van der Waals surface area contributed by atoms with Gasteiger partial charge in [-0.15, -0.1) is 0 Å². The zero-order chi connectivity index (χ0) is 15.0. The quantitative estimate of drug-likeness (QED) is 0.677. The van der Waals surface area contributed by atoms with Crippen molar-refractivity contribution in [3.05, 3.63) is 81.4 Å². The first-order valence-corrected chi connectivity index (χ1v) is 6.67. The molecule has 3 aromatic rings. The average molecular weight is 278 g/mol. The van der Waals surface area contributed by atoms with E-state index in [0.29, 0.717) is 16.9 Å². The molecule has 0 unspecified atom stereocenters. The molecule has 0 saturated heterocycles. The van der Waals surface area contributed by atoms with Crippen molar-refractivity contribution in [2.24, 2.45) is 0 Å². The van der Waals surface area contributed by atoms with Crippen LogP contribution < -0.4 is 5.56 Å². The van der Waals surface area contributed by atoms with Crippen molar-refractivity contribution < 1.29 is 4.79 Å². The monoisotopic (exact) mass is 278 g/mol. The highest BCUT2D eigenvalue weighted by Crippen LogP contribution is 2.11. The summed E-state index contributed by atoms with van der Waals surface area (Å²) in [6, 6.07) is 12.4. The largest absolute Gasteiger partial charge is 0.288 e. The van der Waals surface area contributed by atoms with Crippen molar-refractivity contribution in [1.29, 1.82) is 0 Å². The minimum Gasteiger partial charge on any atom is -0.288 e. The zero-order valence-corrected chi connectivity index (χ0v) is 11.8. The predicted molar refractivity (Wildman–Crippen MR) is 80.8 cm³/mol. The normalized spacial score (nSPS) is 10.8. The minimum atomic E-state index is -0.327. The van der Waals surface area contributed by atoms with Crippen LogP contribution in [-0.2, 0) is 0 Å². The third-order valence-corrected chi connectivity index (χ3v) is 3.43. The highest BCUT2D eigenvalue weighted by molar-refractivity contribution is 6.09. The van der Waals surface area contributed by atoms with Crippen LogP contribution in [0.2, 0.25) is 0 Å². The number of benzene rings is 1. The highest BCUT2D eigenvalue weighted by Gasteiger charge is 2.18. The van der Waals surface area contributed by atoms with E-state index < -0.39 is 0 Å². The van der Waals surface area contributed by atoms with Crippen molar-refractivity contribution in [2.45, 2.75) is 13.8 Å². The Morgan fingerprint density at radius 2 is 1.81 bits per heavy atom. The van der Waals surface area contributed by atoms with Crippen LogP contribution in [-0.4, -0.2) is 15.2 Å². The summed E-state index contributed by atoms with van der Waals surface area (Å²) in [6.07, 6.45) is 1.65. The SMILES string of the molecule is Cc1ccn2c(=O)c(C(=O)c3ccccc3)c(C)nc2c1. The van der Waals surface area contributed by atoms with Gasteiger partial charge in [-0.1, -0.05) is 30.3 Å². The number of aryl methyl sites for hydroxylation is 2. The van der Waals surface area contributed by atoms with Crippen molar-refractivity contribution in [3.63, 3.8) is 0 Å². The smallest absolute Gasteiger partial charge is 0.269 e. The summed E-state index contributed by atoms with van der Waals surface area (Å²) in [7, 11) is 0. The molecule has 0 aliphatic carbocycles. The number of carbonyl (C=O) groups is 1. The lowest BCUT2D eigenvalue weighted by atomic mass is 10.0. The zero-order valence-electron chi connectivity index (χ0n) is 11.8. The van der Waals surface area contributed by atoms with E-state index >= 15 is 0 Å². The van der Waals surface area contributed by atoms with Gasteiger partial charge in [-0.05, 0) is 31.5 Å². The van der Waals surface area contributed by atoms with Gasteiger partial charge >= 0.3 is 0 Å². The Kier molecular flexibility index (Phi) is 3.14. The van der Waals surface area contributed by atoms with Gasteiger partial charge in [-0.3, -0.25) is 14.0 Å². The topological polar surface area (TPSA) is 51.4 Å². The van der Waals surface area contributed by atoms with Gasteiger partial charge in [0, 0.05) is 11.8 Å². The molecule has 0 spiro atoms. The molecular weight excluding hydrogens is 264 g/mol. The summed E-state index contributed by atoms with van der Waals surface area (Å²) >= 11 is 0. The molecule has 0 aliphatic rings. The number of rotatable bonds is 2. The van der Waals surface area contributed by atoms with Crippen LogP contribution in [0.15, 0.2) is 53.5 Å². The van der Waals surface area contributed by atoms with E-state index in [1.54, 1.807) is 37.4 Å². The summed E-state index contributed by atoms with van der Waals surface area (Å²) in [5, 5.41) is 0. The first-order chi connectivity index (χ1) is 10.1. The number of aromatic nitrogens is 2. The van der Waals surface area contributed by atoms with E-state index in [1.807, 2.05) is 25.1 Å². The summed E-state index contributed by atoms with van der Waals surface area (Å²) in [6.45, 7) is 3.63. The number of carbonyl (C=O) groups excluding carboxylic acids is 1. The summed E-state index contributed by atoms with van der Waals surface area (Å²) in [5.74, 6) is -0.291. The molecule has 0 saturated carbocycles. The van der Waals surface area contributed by atoms with Gasteiger partial charge in [-0.25, -0.2) is 4.98 Å². The Morgan fingerprint density at radius 3 is 2.52 bits per heavy atom. The van der Waals surface area contributed by atoms with E-state index in [-0.39, 0.29) is 16.9 Å². The van der Waals surface area contributed by atoms with Crippen LogP contribution in [0.25, 0.3) is 5.65 Å². The number of hydrogen-bond acceptors (Lipinski definition) is 3. The standard InChI is InChI=1S/C17H14N2O2/c1-11-8-9-19-14(10-11)18-12(2)15(17(19)21)16(20)13-6-4-3-5-7-13/h3-10H,1-2H3. The van der Waals surface area contributed by atoms with Gasteiger partial charge in [0.15, 0.2) is 5.78 Å². The number of nitrogens with zero attached hydrogens (tertiary/aromatic N) is 2. The van der Waals surface area contributed by atoms with Crippen molar-refractivity contribution in [2.75, 3.05) is 0 Å². The third kappa shape index (κ3) is 2.25. The highest BCUT2D eigenvalue weighted by atomic mass is 16.1. The molecule has 2 heterocycles. The predicted octanol–water partition coefficient (Wildman–Crippen LogP) is 2.54. The molecule has 0 N–H and O–H groups in total. The lowest BCUT2D eigenvalue weighted by molar-refractivity contribution is 0.103. The Labute approximate surface area is 121 Å². The molecule has 4 heteroatoms. The van der Waals surface area contributed by atoms with Gasteiger partial charge < -0.3 is 0 Å². The Morgan fingerprint density at radius 1 is 1.10 bits per heavy atom. The molecule has 0 radical (unpaired) electrons. The van der Waals surface area contributed by atoms with E-state index in [1.165, 1.54) is 4.40 Å². The van der Waals surface area contributed by atoms with Gasteiger partial charge in [0.2, 0.25) is 0 Å². The molecule has 104 valence electrons. The minimum absolute atomic E-state index is 0.127. The number of pyridine rings is 1. The maximum Gasteiger partial charge on any atom is 0.269 e.